The molecule has 34 heavy (non-hydrogen) atoms. The van der Waals surface area contributed by atoms with Crippen molar-refractivity contribution in [3.05, 3.63) is 84.4 Å². The van der Waals surface area contributed by atoms with Gasteiger partial charge < -0.3 is 19.9 Å². The molecule has 8 heteroatoms. The zero-order valence-corrected chi connectivity index (χ0v) is 19.0. The van der Waals surface area contributed by atoms with Crippen LogP contribution in [-0.4, -0.2) is 54.1 Å². The first-order valence-corrected chi connectivity index (χ1v) is 11.3. The molecular weight excluding hydrogens is 428 g/mol. The normalized spacial score (nSPS) is 13.7. The summed E-state index contributed by atoms with van der Waals surface area (Å²) in [5.74, 6) is 2.20. The first-order valence-electron chi connectivity index (χ1n) is 11.3. The molecule has 0 unspecified atom stereocenters. The van der Waals surface area contributed by atoms with Crippen molar-refractivity contribution in [2.75, 3.05) is 43.1 Å². The van der Waals surface area contributed by atoms with Crippen LogP contribution in [0, 0.1) is 0 Å². The first kappa shape index (κ1) is 21.6. The molecule has 2 aromatic heterocycles. The van der Waals surface area contributed by atoms with Gasteiger partial charge in [0.25, 0.3) is 5.91 Å². The minimum Gasteiger partial charge on any atom is -0.495 e. The van der Waals surface area contributed by atoms with Crippen molar-refractivity contribution in [1.29, 1.82) is 0 Å². The maximum absolute atomic E-state index is 12.5. The number of carbonyl (C=O) groups excluding carboxylic acids is 1. The molecule has 4 aromatic rings. The first-order chi connectivity index (χ1) is 16.7. The van der Waals surface area contributed by atoms with Gasteiger partial charge in [0.05, 0.1) is 24.9 Å². The Bertz CT molecular complexity index is 1290. The zero-order chi connectivity index (χ0) is 23.3. The summed E-state index contributed by atoms with van der Waals surface area (Å²) in [6.45, 7) is 3.60. The largest absolute Gasteiger partial charge is 0.495 e. The Morgan fingerprint density at radius 1 is 0.912 bits per heavy atom. The number of amides is 1. The summed E-state index contributed by atoms with van der Waals surface area (Å²) >= 11 is 0. The number of fused-ring (bicyclic) bond motifs is 1. The number of rotatable bonds is 6. The van der Waals surface area contributed by atoms with Crippen LogP contribution >= 0.6 is 0 Å². The Labute approximate surface area is 198 Å². The lowest BCUT2D eigenvalue weighted by Crippen LogP contribution is -2.47. The van der Waals surface area contributed by atoms with Gasteiger partial charge in [-0.2, -0.15) is 0 Å². The smallest absolute Gasteiger partial charge is 0.251 e. The Kier molecular flexibility index (Phi) is 6.20. The van der Waals surface area contributed by atoms with E-state index in [0.29, 0.717) is 11.4 Å². The van der Waals surface area contributed by atoms with E-state index >= 15 is 0 Å². The van der Waals surface area contributed by atoms with Crippen LogP contribution in [0.2, 0.25) is 0 Å². The van der Waals surface area contributed by atoms with E-state index in [-0.39, 0.29) is 12.5 Å². The van der Waals surface area contributed by atoms with Gasteiger partial charge >= 0.3 is 0 Å². The molecule has 0 saturated carbocycles. The van der Waals surface area contributed by atoms with E-state index in [1.807, 2.05) is 36.4 Å². The van der Waals surface area contributed by atoms with Crippen LogP contribution in [0.3, 0.4) is 0 Å². The number of hydrogen-bond acceptors (Lipinski definition) is 7. The van der Waals surface area contributed by atoms with Crippen molar-refractivity contribution < 1.29 is 9.53 Å². The molecular formula is C26H26N6O2. The highest BCUT2D eigenvalue weighted by atomic mass is 16.5. The van der Waals surface area contributed by atoms with Crippen LogP contribution in [-0.2, 0) is 6.54 Å². The fourth-order valence-electron chi connectivity index (χ4n) is 4.24. The van der Waals surface area contributed by atoms with E-state index in [1.54, 1.807) is 31.6 Å². The molecule has 2 aromatic carbocycles. The molecule has 1 fully saturated rings. The topological polar surface area (TPSA) is 83.5 Å². The summed E-state index contributed by atoms with van der Waals surface area (Å²) in [5.41, 5.74) is 2.54. The summed E-state index contributed by atoms with van der Waals surface area (Å²) in [5, 5.41) is 3.93. The summed E-state index contributed by atoms with van der Waals surface area (Å²) < 4.78 is 5.55. The molecule has 0 spiro atoms. The number of hydrogen-bond donors (Lipinski definition) is 1. The van der Waals surface area contributed by atoms with Gasteiger partial charge in [-0.3, -0.25) is 9.78 Å². The number of nitrogens with one attached hydrogen (secondary N) is 1. The quantitative estimate of drug-likeness (QED) is 0.479. The fourth-order valence-corrected chi connectivity index (χ4v) is 4.24. The summed E-state index contributed by atoms with van der Waals surface area (Å²) in [4.78, 5) is 30.6. The molecule has 3 heterocycles. The van der Waals surface area contributed by atoms with Crippen LogP contribution in [0.15, 0.2) is 73.1 Å². The van der Waals surface area contributed by atoms with Gasteiger partial charge in [0, 0.05) is 49.5 Å². The molecule has 1 amide bonds. The lowest BCUT2D eigenvalue weighted by Gasteiger charge is -2.37. The highest BCUT2D eigenvalue weighted by Gasteiger charge is 2.22. The zero-order valence-electron chi connectivity index (χ0n) is 19.0. The molecule has 1 N–H and O–H groups in total. The summed E-state index contributed by atoms with van der Waals surface area (Å²) in [6, 6.07) is 19.5. The SMILES string of the molecule is COc1ccccc1N1CCN(c2nc(CNC(=O)c3ccncc3)nc3ccccc23)CC1. The van der Waals surface area contributed by atoms with Crippen LogP contribution in [0.5, 0.6) is 5.75 Å². The minimum absolute atomic E-state index is 0.175. The molecule has 1 saturated heterocycles. The second-order valence-corrected chi connectivity index (χ2v) is 8.05. The van der Waals surface area contributed by atoms with Crippen molar-refractivity contribution in [2.24, 2.45) is 0 Å². The molecule has 1 aliphatic heterocycles. The van der Waals surface area contributed by atoms with Crippen molar-refractivity contribution in [2.45, 2.75) is 6.54 Å². The second-order valence-electron chi connectivity index (χ2n) is 8.05. The van der Waals surface area contributed by atoms with Crippen molar-refractivity contribution in [1.82, 2.24) is 20.3 Å². The number of pyridine rings is 1. The number of ether oxygens (including phenoxy) is 1. The highest BCUT2D eigenvalue weighted by Crippen LogP contribution is 2.30. The van der Waals surface area contributed by atoms with E-state index in [9.17, 15) is 4.79 Å². The number of methoxy groups -OCH3 is 1. The number of benzene rings is 2. The maximum Gasteiger partial charge on any atom is 0.251 e. The highest BCUT2D eigenvalue weighted by molar-refractivity contribution is 5.94. The third-order valence-corrected chi connectivity index (χ3v) is 5.98. The van der Waals surface area contributed by atoms with Crippen molar-refractivity contribution >= 4 is 28.3 Å². The average Bonchev–Trinajstić information content (AvgIpc) is 2.92. The van der Waals surface area contributed by atoms with Gasteiger partial charge in [-0.05, 0) is 36.4 Å². The summed E-state index contributed by atoms with van der Waals surface area (Å²) in [6.07, 6.45) is 3.20. The maximum atomic E-state index is 12.5. The number of nitrogens with zero attached hydrogens (tertiary/aromatic N) is 5. The Balaban J connectivity index is 1.35. The number of anilines is 2. The predicted octanol–water partition coefficient (Wildman–Crippen LogP) is 3.29. The average molecular weight is 455 g/mol. The van der Waals surface area contributed by atoms with Gasteiger partial charge in [0.1, 0.15) is 11.6 Å². The van der Waals surface area contributed by atoms with E-state index in [1.165, 1.54) is 0 Å². The number of aromatic nitrogens is 3. The van der Waals surface area contributed by atoms with Gasteiger partial charge in [-0.25, -0.2) is 9.97 Å². The molecule has 1 aliphatic rings. The molecule has 0 atom stereocenters. The lowest BCUT2D eigenvalue weighted by molar-refractivity contribution is 0.0950. The lowest BCUT2D eigenvalue weighted by atomic mass is 10.2. The van der Waals surface area contributed by atoms with Gasteiger partial charge in [-0.1, -0.05) is 24.3 Å². The Hall–Kier alpha value is -4.20. The molecule has 5 rings (SSSR count). The Morgan fingerprint density at radius 3 is 2.41 bits per heavy atom. The van der Waals surface area contributed by atoms with E-state index in [0.717, 1.165) is 54.3 Å². The minimum atomic E-state index is -0.175. The van der Waals surface area contributed by atoms with Crippen LogP contribution < -0.4 is 19.9 Å². The number of carbonyl (C=O) groups is 1. The number of piperazine rings is 1. The van der Waals surface area contributed by atoms with Gasteiger partial charge in [0.2, 0.25) is 0 Å². The molecule has 172 valence electrons. The standard InChI is InChI=1S/C26H26N6O2/c1-34-23-9-5-4-8-22(23)31-14-16-32(17-15-31)25-20-6-2-3-7-21(20)29-24(30-25)18-28-26(33)19-10-12-27-13-11-19/h2-13H,14-18H2,1H3,(H,28,33). The van der Waals surface area contributed by atoms with Gasteiger partial charge in [0.15, 0.2) is 5.82 Å². The van der Waals surface area contributed by atoms with Crippen molar-refractivity contribution in [3.63, 3.8) is 0 Å². The Morgan fingerprint density at radius 2 is 1.62 bits per heavy atom. The molecule has 0 aliphatic carbocycles. The number of para-hydroxylation sites is 3. The third kappa shape index (κ3) is 4.47. The third-order valence-electron chi connectivity index (χ3n) is 5.98. The monoisotopic (exact) mass is 454 g/mol. The van der Waals surface area contributed by atoms with E-state index in [4.69, 9.17) is 9.72 Å². The summed E-state index contributed by atoms with van der Waals surface area (Å²) in [7, 11) is 1.71. The van der Waals surface area contributed by atoms with Crippen LogP contribution in [0.1, 0.15) is 16.2 Å². The van der Waals surface area contributed by atoms with Crippen molar-refractivity contribution in [3.8, 4) is 5.75 Å². The van der Waals surface area contributed by atoms with Crippen LogP contribution in [0.25, 0.3) is 10.9 Å². The van der Waals surface area contributed by atoms with Crippen LogP contribution in [0.4, 0.5) is 11.5 Å². The fraction of sp³-hybridized carbons (Fsp3) is 0.231. The predicted molar refractivity (Wildman–Crippen MR) is 132 cm³/mol. The second kappa shape index (κ2) is 9.74. The van der Waals surface area contributed by atoms with E-state index in [2.05, 4.69) is 37.2 Å². The van der Waals surface area contributed by atoms with Gasteiger partial charge in [-0.15, -0.1) is 0 Å². The molecule has 8 nitrogen and oxygen atoms in total. The molecule has 0 bridgehead atoms. The molecule has 0 radical (unpaired) electrons. The van der Waals surface area contributed by atoms with E-state index < -0.39 is 0 Å².